The molecule has 0 radical (unpaired) electrons. The molecule has 8 heteroatoms. The average molecular weight is 390 g/mol. The first-order valence-electron chi connectivity index (χ1n) is 8.44. The fourth-order valence-electron chi connectivity index (χ4n) is 3.17. The lowest BCUT2D eigenvalue weighted by Gasteiger charge is -2.25. The van der Waals surface area contributed by atoms with Gasteiger partial charge in [-0.05, 0) is 30.0 Å². The van der Waals surface area contributed by atoms with Gasteiger partial charge in [0.25, 0.3) is 0 Å². The van der Waals surface area contributed by atoms with Crippen LogP contribution in [0.2, 0.25) is 0 Å². The largest absolute Gasteiger partial charge is 0.419 e. The summed E-state index contributed by atoms with van der Waals surface area (Å²) in [6.07, 6.45) is 0.646. The van der Waals surface area contributed by atoms with E-state index >= 15 is 0 Å². The fraction of sp³-hybridized carbons (Fsp3) is 0.333. The number of thiophene rings is 1. The van der Waals surface area contributed by atoms with Gasteiger partial charge in [0.1, 0.15) is 0 Å². The van der Waals surface area contributed by atoms with Crippen LogP contribution in [-0.4, -0.2) is 41.1 Å². The number of benzene rings is 1. The maximum absolute atomic E-state index is 11.9. The van der Waals surface area contributed by atoms with Crippen molar-refractivity contribution in [1.29, 1.82) is 0 Å². The quantitative estimate of drug-likeness (QED) is 0.645. The zero-order valence-electron chi connectivity index (χ0n) is 14.1. The zero-order chi connectivity index (χ0) is 18.0. The third kappa shape index (κ3) is 4.03. The van der Waals surface area contributed by atoms with Gasteiger partial charge in [-0.15, -0.1) is 21.5 Å². The van der Waals surface area contributed by atoms with Gasteiger partial charge in [-0.1, -0.05) is 24.3 Å². The topological polar surface area (TPSA) is 76.3 Å². The van der Waals surface area contributed by atoms with E-state index in [1.807, 2.05) is 41.8 Å². The van der Waals surface area contributed by atoms with E-state index in [1.165, 1.54) is 4.88 Å². The molecule has 1 aliphatic heterocycles. The zero-order valence-corrected chi connectivity index (χ0v) is 15.7. The first-order chi connectivity index (χ1) is 12.6. The maximum Gasteiger partial charge on any atom is 0.247 e. The Hall–Kier alpha value is -2.03. The summed E-state index contributed by atoms with van der Waals surface area (Å²) in [6.45, 7) is 1.12. The molecule has 26 heavy (non-hydrogen) atoms. The molecule has 1 atom stereocenters. The van der Waals surface area contributed by atoms with E-state index in [9.17, 15) is 8.42 Å². The van der Waals surface area contributed by atoms with Crippen molar-refractivity contribution in [2.24, 2.45) is 0 Å². The van der Waals surface area contributed by atoms with Gasteiger partial charge in [0.05, 0.1) is 18.1 Å². The fourth-order valence-corrected chi connectivity index (χ4v) is 5.66. The molecule has 0 N–H and O–H groups in total. The molecule has 1 saturated heterocycles. The molecule has 0 spiro atoms. The molecule has 3 heterocycles. The number of aromatic nitrogens is 2. The van der Waals surface area contributed by atoms with Gasteiger partial charge in [0.15, 0.2) is 9.84 Å². The second-order valence-corrected chi connectivity index (χ2v) is 9.67. The normalized spacial score (nSPS) is 19.2. The Morgan fingerprint density at radius 1 is 1.12 bits per heavy atom. The highest BCUT2D eigenvalue weighted by Gasteiger charge is 2.33. The number of nitrogens with zero attached hydrogens (tertiary/aromatic N) is 3. The van der Waals surface area contributed by atoms with Crippen molar-refractivity contribution >= 4 is 21.2 Å². The lowest BCUT2D eigenvalue weighted by Crippen LogP contribution is -2.35. The molecular formula is C18H19N3O3S2. The monoisotopic (exact) mass is 389 g/mol. The summed E-state index contributed by atoms with van der Waals surface area (Å²) in [5.41, 5.74) is 0.875. The van der Waals surface area contributed by atoms with E-state index in [-0.39, 0.29) is 17.5 Å². The summed E-state index contributed by atoms with van der Waals surface area (Å²) in [4.78, 5) is 3.33. The van der Waals surface area contributed by atoms with Crippen molar-refractivity contribution in [1.82, 2.24) is 15.1 Å². The Morgan fingerprint density at radius 2 is 1.96 bits per heavy atom. The van der Waals surface area contributed by atoms with Crippen molar-refractivity contribution < 1.29 is 12.8 Å². The van der Waals surface area contributed by atoms with Crippen LogP contribution in [0, 0.1) is 0 Å². The Kier molecular flexibility index (Phi) is 4.88. The smallest absolute Gasteiger partial charge is 0.247 e. The molecule has 136 valence electrons. The van der Waals surface area contributed by atoms with Gasteiger partial charge in [-0.2, -0.15) is 0 Å². The first kappa shape index (κ1) is 17.4. The van der Waals surface area contributed by atoms with Gasteiger partial charge in [0, 0.05) is 23.0 Å². The lowest BCUT2D eigenvalue weighted by molar-refractivity contribution is 0.178. The highest BCUT2D eigenvalue weighted by Crippen LogP contribution is 2.24. The van der Waals surface area contributed by atoms with Gasteiger partial charge in [-0.25, -0.2) is 8.42 Å². The van der Waals surface area contributed by atoms with Crippen LogP contribution in [-0.2, 0) is 22.9 Å². The van der Waals surface area contributed by atoms with Crippen LogP contribution in [0.5, 0.6) is 0 Å². The van der Waals surface area contributed by atoms with E-state index < -0.39 is 9.84 Å². The van der Waals surface area contributed by atoms with Gasteiger partial charge in [0.2, 0.25) is 11.8 Å². The Labute approximate surface area is 156 Å². The molecule has 1 aliphatic rings. The molecule has 0 bridgehead atoms. The molecule has 0 amide bonds. The Bertz CT molecular complexity index is 953. The van der Waals surface area contributed by atoms with Crippen LogP contribution in [0.15, 0.2) is 52.3 Å². The van der Waals surface area contributed by atoms with E-state index in [4.69, 9.17) is 4.42 Å². The number of hydrogen-bond donors (Lipinski definition) is 0. The maximum atomic E-state index is 11.9. The SMILES string of the molecule is O=S1(=O)CC[C@H](N(Cc2nnc(-c3ccccc3)o2)Cc2cccs2)C1. The molecule has 3 aromatic rings. The van der Waals surface area contributed by atoms with Crippen molar-refractivity contribution in [3.8, 4) is 11.5 Å². The third-order valence-electron chi connectivity index (χ3n) is 4.49. The molecule has 1 fully saturated rings. The van der Waals surface area contributed by atoms with Crippen molar-refractivity contribution in [3.63, 3.8) is 0 Å². The second-order valence-electron chi connectivity index (χ2n) is 6.41. The van der Waals surface area contributed by atoms with Crippen LogP contribution in [0.25, 0.3) is 11.5 Å². The average Bonchev–Trinajstić information content (AvgIpc) is 3.36. The van der Waals surface area contributed by atoms with Gasteiger partial charge >= 0.3 is 0 Å². The van der Waals surface area contributed by atoms with E-state index in [0.717, 1.165) is 5.56 Å². The molecule has 4 rings (SSSR count). The Balaban J connectivity index is 1.54. The summed E-state index contributed by atoms with van der Waals surface area (Å²) in [5.74, 6) is 1.43. The predicted molar refractivity (Wildman–Crippen MR) is 100 cm³/mol. The number of sulfone groups is 1. The van der Waals surface area contributed by atoms with Gasteiger partial charge in [-0.3, -0.25) is 4.90 Å². The van der Waals surface area contributed by atoms with Crippen LogP contribution >= 0.6 is 11.3 Å². The first-order valence-corrected chi connectivity index (χ1v) is 11.1. The standard InChI is InChI=1S/C18H19N3O3S2/c22-26(23)10-8-15(13-26)21(11-16-7-4-9-25-16)12-17-19-20-18(24-17)14-5-2-1-3-6-14/h1-7,9,15H,8,10-13H2/t15-/m0/s1. The summed E-state index contributed by atoms with van der Waals surface area (Å²) in [7, 11) is -2.95. The van der Waals surface area contributed by atoms with E-state index in [2.05, 4.69) is 21.2 Å². The predicted octanol–water partition coefficient (Wildman–Crippen LogP) is 2.99. The molecule has 0 saturated carbocycles. The van der Waals surface area contributed by atoms with Gasteiger partial charge < -0.3 is 4.42 Å². The van der Waals surface area contributed by atoms with Crippen molar-refractivity contribution in [3.05, 3.63) is 58.6 Å². The van der Waals surface area contributed by atoms with Crippen LogP contribution < -0.4 is 0 Å². The number of rotatable bonds is 6. The third-order valence-corrected chi connectivity index (χ3v) is 7.10. The molecular weight excluding hydrogens is 370 g/mol. The molecule has 6 nitrogen and oxygen atoms in total. The summed E-state index contributed by atoms with van der Waals surface area (Å²) < 4.78 is 29.6. The van der Waals surface area contributed by atoms with Crippen LogP contribution in [0.4, 0.5) is 0 Å². The van der Waals surface area contributed by atoms with Crippen molar-refractivity contribution in [2.75, 3.05) is 11.5 Å². The number of hydrogen-bond acceptors (Lipinski definition) is 7. The summed E-state index contributed by atoms with van der Waals surface area (Å²) in [5, 5.41) is 10.3. The minimum atomic E-state index is -2.95. The van der Waals surface area contributed by atoms with E-state index in [1.54, 1.807) is 11.3 Å². The highest BCUT2D eigenvalue weighted by molar-refractivity contribution is 7.91. The minimum absolute atomic E-state index is 0.0193. The van der Waals surface area contributed by atoms with E-state index in [0.29, 0.717) is 31.3 Å². The Morgan fingerprint density at radius 3 is 2.65 bits per heavy atom. The lowest BCUT2D eigenvalue weighted by atomic mass is 10.2. The van der Waals surface area contributed by atoms with Crippen LogP contribution in [0.1, 0.15) is 17.2 Å². The molecule has 1 aromatic carbocycles. The van der Waals surface area contributed by atoms with Crippen LogP contribution in [0.3, 0.4) is 0 Å². The summed E-state index contributed by atoms with van der Waals surface area (Å²) >= 11 is 1.66. The minimum Gasteiger partial charge on any atom is -0.419 e. The molecule has 0 unspecified atom stereocenters. The highest BCUT2D eigenvalue weighted by atomic mass is 32.2. The molecule has 0 aliphatic carbocycles. The summed E-state index contributed by atoms with van der Waals surface area (Å²) in [6, 6.07) is 13.7. The molecule has 2 aromatic heterocycles. The van der Waals surface area contributed by atoms with Crippen molar-refractivity contribution in [2.45, 2.75) is 25.6 Å². The second kappa shape index (κ2) is 7.30.